The summed E-state index contributed by atoms with van der Waals surface area (Å²) in [6, 6.07) is 5.89. The van der Waals surface area contributed by atoms with Crippen molar-refractivity contribution in [1.82, 2.24) is 14.4 Å². The summed E-state index contributed by atoms with van der Waals surface area (Å²) in [5, 5.41) is 8.85. The topological polar surface area (TPSA) is 115 Å². The molecule has 2 aromatic heterocycles. The molecule has 4 rings (SSSR count). The summed E-state index contributed by atoms with van der Waals surface area (Å²) in [4.78, 5) is 22.7. The van der Waals surface area contributed by atoms with E-state index in [0.717, 1.165) is 78.1 Å². The number of unbranched alkanes of at least 4 members (excludes halogenated alkanes) is 3. The van der Waals surface area contributed by atoms with Gasteiger partial charge >= 0.3 is 5.97 Å². The third-order valence-electron chi connectivity index (χ3n) is 7.35. The van der Waals surface area contributed by atoms with E-state index in [1.54, 1.807) is 14.2 Å². The van der Waals surface area contributed by atoms with Crippen LogP contribution in [0, 0.1) is 0 Å². The molecule has 0 aliphatic heterocycles. The minimum atomic E-state index is -0.739. The Hall–Kier alpha value is -3.11. The van der Waals surface area contributed by atoms with E-state index in [4.69, 9.17) is 30.3 Å². The quantitative estimate of drug-likeness (QED) is 0.233. The van der Waals surface area contributed by atoms with Gasteiger partial charge < -0.3 is 25.2 Å². The first-order valence-corrected chi connectivity index (χ1v) is 14.3. The monoisotopic (exact) mass is 599 g/mol. The summed E-state index contributed by atoms with van der Waals surface area (Å²) < 4.78 is 14.0. The number of imidazole rings is 1. The van der Waals surface area contributed by atoms with Gasteiger partial charge in [-0.1, -0.05) is 18.9 Å². The number of hydrogen-bond acceptors (Lipinski definition) is 7. The number of fused-ring (bicyclic) bond motifs is 1. The summed E-state index contributed by atoms with van der Waals surface area (Å²) >= 11 is 3.75. The van der Waals surface area contributed by atoms with E-state index in [1.165, 1.54) is 0 Å². The lowest BCUT2D eigenvalue weighted by Gasteiger charge is -2.26. The first-order chi connectivity index (χ1) is 18.8. The van der Waals surface area contributed by atoms with Crippen molar-refractivity contribution in [2.24, 2.45) is 5.73 Å². The van der Waals surface area contributed by atoms with Crippen LogP contribution >= 0.6 is 15.9 Å². The van der Waals surface area contributed by atoms with E-state index in [0.29, 0.717) is 17.9 Å². The van der Waals surface area contributed by atoms with Gasteiger partial charge in [0, 0.05) is 31.5 Å². The lowest BCUT2D eigenvalue weighted by atomic mass is 9.85. The molecule has 0 bridgehead atoms. The van der Waals surface area contributed by atoms with Crippen molar-refractivity contribution in [2.75, 3.05) is 26.2 Å². The van der Waals surface area contributed by atoms with Crippen LogP contribution in [0.15, 0.2) is 35.1 Å². The van der Waals surface area contributed by atoms with E-state index in [1.807, 2.05) is 36.3 Å². The molecule has 2 heterocycles. The summed E-state index contributed by atoms with van der Waals surface area (Å²) in [6.45, 7) is 0. The van der Waals surface area contributed by atoms with Gasteiger partial charge in [0.05, 0.1) is 31.8 Å². The first kappa shape index (κ1) is 28.9. The summed E-state index contributed by atoms with van der Waals surface area (Å²) in [5.41, 5.74) is 9.06. The minimum Gasteiger partial charge on any atom is -0.497 e. The van der Waals surface area contributed by atoms with Crippen molar-refractivity contribution < 1.29 is 19.4 Å². The molecule has 10 heteroatoms. The molecule has 39 heavy (non-hydrogen) atoms. The first-order valence-electron chi connectivity index (χ1n) is 13.5. The fourth-order valence-corrected chi connectivity index (χ4v) is 5.84. The zero-order valence-electron chi connectivity index (χ0n) is 22.9. The Kier molecular flexibility index (Phi) is 9.85. The molecule has 1 aliphatic rings. The van der Waals surface area contributed by atoms with Gasteiger partial charge in [0.2, 0.25) is 0 Å². The predicted molar refractivity (Wildman–Crippen MR) is 157 cm³/mol. The Morgan fingerprint density at radius 1 is 1.26 bits per heavy atom. The number of aromatic nitrogens is 3. The van der Waals surface area contributed by atoms with Crippen molar-refractivity contribution in [2.45, 2.75) is 69.7 Å². The summed E-state index contributed by atoms with van der Waals surface area (Å²) in [7, 11) is 5.24. The molecule has 3 N–H and O–H groups in total. The molecule has 0 spiro atoms. The third-order valence-corrected chi connectivity index (χ3v) is 7.90. The van der Waals surface area contributed by atoms with E-state index in [2.05, 4.69) is 32.5 Å². The molecule has 1 fully saturated rings. The number of rotatable bonds is 12. The second-order valence-corrected chi connectivity index (χ2v) is 10.8. The van der Waals surface area contributed by atoms with Crippen LogP contribution in [0.3, 0.4) is 0 Å². The van der Waals surface area contributed by atoms with Crippen LogP contribution in [0.2, 0.25) is 0 Å². The summed E-state index contributed by atoms with van der Waals surface area (Å²) in [6.07, 6.45) is 13.8. The molecule has 9 nitrogen and oxygen atoms in total. The maximum Gasteiger partial charge on any atom is 0.303 e. The molecule has 210 valence electrons. The average molecular weight is 601 g/mol. The third kappa shape index (κ3) is 6.73. The second-order valence-electron chi connectivity index (χ2n) is 10.1. The van der Waals surface area contributed by atoms with Gasteiger partial charge in [-0.15, -0.1) is 0 Å². The van der Waals surface area contributed by atoms with E-state index >= 15 is 0 Å². The number of nitrogens with two attached hydrogens (primary N) is 1. The summed E-state index contributed by atoms with van der Waals surface area (Å²) in [5.74, 6) is 2.65. The van der Waals surface area contributed by atoms with Crippen LogP contribution in [-0.4, -0.2) is 52.8 Å². The van der Waals surface area contributed by atoms with Crippen molar-refractivity contribution >= 4 is 45.0 Å². The van der Waals surface area contributed by atoms with Gasteiger partial charge in [0.25, 0.3) is 0 Å². The van der Waals surface area contributed by atoms with Crippen molar-refractivity contribution in [3.8, 4) is 11.5 Å². The number of allylic oxidation sites excluding steroid dienone is 1. The highest BCUT2D eigenvalue weighted by atomic mass is 79.9. The normalized spacial score (nSPS) is 17.6. The number of carboxylic acid groups (broad SMARTS) is 1. The Morgan fingerprint density at radius 2 is 2.08 bits per heavy atom. The Labute approximate surface area is 238 Å². The Morgan fingerprint density at radius 3 is 2.79 bits per heavy atom. The molecule has 3 aromatic rings. The fourth-order valence-electron chi connectivity index (χ4n) is 5.30. The SMILES string of the molecule is COc1ccc(N(C)c2ncc(/C=C/CCCCCC(=O)O)n3c([C@@H]4CCC[C@@H](N)C4)nc(Br)c23)c(OC)c1. The maximum atomic E-state index is 10.8. The van der Waals surface area contributed by atoms with Gasteiger partial charge in [0.1, 0.15) is 27.4 Å². The standard InChI is InChI=1S/C29H38BrN5O4/c1-34(23-15-14-22(38-2)17-24(23)39-3)29-26-27(30)33-28(19-10-9-11-20(31)16-19)35(26)21(18-32-29)12-7-5-4-6-8-13-25(36)37/h7,12,14-15,17-20H,4-6,8-11,13,16,31H2,1-3H3,(H,36,37)/b12-7+/t19-,20-/m1/s1. The van der Waals surface area contributed by atoms with E-state index in [9.17, 15) is 4.79 Å². The van der Waals surface area contributed by atoms with Crippen LogP contribution in [-0.2, 0) is 4.79 Å². The number of aliphatic carboxylic acids is 1. The van der Waals surface area contributed by atoms with Crippen LogP contribution in [0.1, 0.15) is 75.2 Å². The highest BCUT2D eigenvalue weighted by Gasteiger charge is 2.28. The molecule has 0 amide bonds. The number of halogens is 1. The van der Waals surface area contributed by atoms with Crippen LogP contribution in [0.25, 0.3) is 11.6 Å². The van der Waals surface area contributed by atoms with Crippen LogP contribution in [0.4, 0.5) is 11.5 Å². The second kappa shape index (κ2) is 13.3. The molecular formula is C29H38BrN5O4. The number of ether oxygens (including phenoxy) is 2. The molecule has 0 saturated heterocycles. The van der Waals surface area contributed by atoms with Gasteiger partial charge in [-0.05, 0) is 72.7 Å². The number of carboxylic acids is 1. The highest BCUT2D eigenvalue weighted by Crippen LogP contribution is 2.40. The molecule has 0 unspecified atom stereocenters. The Bertz CT molecular complexity index is 1320. The number of nitrogens with zero attached hydrogens (tertiary/aromatic N) is 4. The van der Waals surface area contributed by atoms with Crippen LogP contribution in [0.5, 0.6) is 11.5 Å². The number of carbonyl (C=O) groups is 1. The largest absolute Gasteiger partial charge is 0.497 e. The van der Waals surface area contributed by atoms with Gasteiger partial charge in [-0.2, -0.15) is 0 Å². The Balaban J connectivity index is 1.72. The van der Waals surface area contributed by atoms with Crippen LogP contribution < -0.4 is 20.1 Å². The molecular weight excluding hydrogens is 562 g/mol. The maximum absolute atomic E-state index is 10.8. The van der Waals surface area contributed by atoms with E-state index < -0.39 is 5.97 Å². The van der Waals surface area contributed by atoms with Gasteiger partial charge in [-0.3, -0.25) is 9.20 Å². The van der Waals surface area contributed by atoms with E-state index in [-0.39, 0.29) is 18.4 Å². The zero-order chi connectivity index (χ0) is 27.9. The van der Waals surface area contributed by atoms with Crippen molar-refractivity contribution in [3.05, 3.63) is 46.6 Å². The number of hydrogen-bond donors (Lipinski definition) is 2. The van der Waals surface area contributed by atoms with Gasteiger partial charge in [-0.25, -0.2) is 9.97 Å². The molecule has 2 atom stereocenters. The molecule has 0 radical (unpaired) electrons. The smallest absolute Gasteiger partial charge is 0.303 e. The predicted octanol–water partition coefficient (Wildman–Crippen LogP) is 6.31. The molecule has 1 aromatic carbocycles. The van der Waals surface area contributed by atoms with Crippen molar-refractivity contribution in [3.63, 3.8) is 0 Å². The fraction of sp³-hybridized carbons (Fsp3) is 0.483. The molecule has 1 aliphatic carbocycles. The van der Waals surface area contributed by atoms with Gasteiger partial charge in [0.15, 0.2) is 5.82 Å². The minimum absolute atomic E-state index is 0.173. The number of anilines is 2. The zero-order valence-corrected chi connectivity index (χ0v) is 24.5. The van der Waals surface area contributed by atoms with Crippen molar-refractivity contribution in [1.29, 1.82) is 0 Å². The average Bonchev–Trinajstić information content (AvgIpc) is 3.29. The molecule has 1 saturated carbocycles. The highest BCUT2D eigenvalue weighted by molar-refractivity contribution is 9.10. The number of methoxy groups -OCH3 is 2. The number of benzene rings is 1. The lowest BCUT2D eigenvalue weighted by molar-refractivity contribution is -0.137. The lowest BCUT2D eigenvalue weighted by Crippen LogP contribution is -2.27.